The number of nitrogens with one attached hydrogen (secondary N) is 1. The van der Waals surface area contributed by atoms with Crippen molar-refractivity contribution in [3.8, 4) is 5.75 Å². The molecule has 0 spiro atoms. The van der Waals surface area contributed by atoms with Crippen molar-refractivity contribution in [3.05, 3.63) is 63.7 Å². The van der Waals surface area contributed by atoms with Crippen LogP contribution < -0.4 is 10.1 Å². The average molecular weight is 342 g/mol. The first-order valence-corrected chi connectivity index (χ1v) is 8.16. The SMILES string of the molecule is Cc1c(NC(=O)c2cccc(OCCC(C)C)c2)cccc1[N+](=O)[O-]. The number of anilines is 1. The maximum absolute atomic E-state index is 12.4. The number of nitrogens with zero attached hydrogens (tertiary/aromatic N) is 1. The molecule has 0 fully saturated rings. The molecule has 0 saturated heterocycles. The van der Waals surface area contributed by atoms with Crippen molar-refractivity contribution in [1.29, 1.82) is 0 Å². The Hall–Kier alpha value is -2.89. The molecule has 2 aromatic rings. The fourth-order valence-corrected chi connectivity index (χ4v) is 2.29. The van der Waals surface area contributed by atoms with E-state index >= 15 is 0 Å². The third kappa shape index (κ3) is 5.04. The number of rotatable bonds is 7. The Kier molecular flexibility index (Phi) is 6.11. The molecule has 0 bridgehead atoms. The van der Waals surface area contributed by atoms with Gasteiger partial charge in [0.25, 0.3) is 11.6 Å². The fraction of sp³-hybridized carbons (Fsp3) is 0.316. The predicted octanol–water partition coefficient (Wildman–Crippen LogP) is 4.58. The van der Waals surface area contributed by atoms with Gasteiger partial charge >= 0.3 is 0 Å². The van der Waals surface area contributed by atoms with Crippen LogP contribution in [0.25, 0.3) is 0 Å². The summed E-state index contributed by atoms with van der Waals surface area (Å²) in [6.45, 7) is 6.44. The van der Waals surface area contributed by atoms with Crippen LogP contribution in [-0.2, 0) is 0 Å². The smallest absolute Gasteiger partial charge is 0.274 e. The molecular formula is C19H22N2O4. The van der Waals surface area contributed by atoms with E-state index in [1.807, 2.05) is 0 Å². The van der Waals surface area contributed by atoms with Crippen LogP contribution >= 0.6 is 0 Å². The second kappa shape index (κ2) is 8.28. The van der Waals surface area contributed by atoms with Crippen LogP contribution in [0.5, 0.6) is 5.75 Å². The Morgan fingerprint density at radius 3 is 2.64 bits per heavy atom. The highest BCUT2D eigenvalue weighted by Gasteiger charge is 2.15. The highest BCUT2D eigenvalue weighted by atomic mass is 16.6. The minimum Gasteiger partial charge on any atom is -0.494 e. The topological polar surface area (TPSA) is 81.5 Å². The lowest BCUT2D eigenvalue weighted by Gasteiger charge is -2.11. The number of hydrogen-bond donors (Lipinski definition) is 1. The van der Waals surface area contributed by atoms with Gasteiger partial charge in [-0.25, -0.2) is 0 Å². The quantitative estimate of drug-likeness (QED) is 0.590. The Labute approximate surface area is 147 Å². The maximum Gasteiger partial charge on any atom is 0.274 e. The lowest BCUT2D eigenvalue weighted by Crippen LogP contribution is -2.13. The number of carbonyl (C=O) groups is 1. The molecule has 0 unspecified atom stereocenters. The summed E-state index contributed by atoms with van der Waals surface area (Å²) < 4.78 is 5.66. The zero-order valence-corrected chi connectivity index (χ0v) is 14.6. The first-order chi connectivity index (χ1) is 11.9. The van der Waals surface area contributed by atoms with Gasteiger partial charge in [-0.3, -0.25) is 14.9 Å². The van der Waals surface area contributed by atoms with Crippen LogP contribution in [0, 0.1) is 23.0 Å². The first kappa shape index (κ1) is 18.4. The molecule has 6 nitrogen and oxygen atoms in total. The van der Waals surface area contributed by atoms with Crippen molar-refractivity contribution >= 4 is 17.3 Å². The molecule has 0 aromatic heterocycles. The predicted molar refractivity (Wildman–Crippen MR) is 97.2 cm³/mol. The number of ether oxygens (including phenoxy) is 1. The van der Waals surface area contributed by atoms with Gasteiger partial charge in [-0.05, 0) is 43.5 Å². The molecule has 0 radical (unpaired) electrons. The zero-order chi connectivity index (χ0) is 18.4. The number of hydrogen-bond acceptors (Lipinski definition) is 4. The van der Waals surface area contributed by atoms with Gasteiger partial charge in [0.1, 0.15) is 5.75 Å². The van der Waals surface area contributed by atoms with Crippen molar-refractivity contribution in [2.75, 3.05) is 11.9 Å². The van der Waals surface area contributed by atoms with E-state index in [-0.39, 0.29) is 11.6 Å². The Morgan fingerprint density at radius 2 is 1.96 bits per heavy atom. The van der Waals surface area contributed by atoms with Crippen LogP contribution in [0.15, 0.2) is 42.5 Å². The minimum absolute atomic E-state index is 0.0245. The molecule has 0 atom stereocenters. The lowest BCUT2D eigenvalue weighted by molar-refractivity contribution is -0.385. The summed E-state index contributed by atoms with van der Waals surface area (Å²) in [4.78, 5) is 23.0. The summed E-state index contributed by atoms with van der Waals surface area (Å²) in [6, 6.07) is 11.5. The van der Waals surface area contributed by atoms with E-state index in [1.165, 1.54) is 6.07 Å². The molecule has 1 amide bonds. The van der Waals surface area contributed by atoms with E-state index in [9.17, 15) is 14.9 Å². The van der Waals surface area contributed by atoms with Gasteiger partial charge < -0.3 is 10.1 Å². The largest absolute Gasteiger partial charge is 0.494 e. The zero-order valence-electron chi connectivity index (χ0n) is 14.6. The average Bonchev–Trinajstić information content (AvgIpc) is 2.56. The van der Waals surface area contributed by atoms with Crippen LogP contribution in [-0.4, -0.2) is 17.4 Å². The Morgan fingerprint density at radius 1 is 1.24 bits per heavy atom. The molecule has 0 aliphatic carbocycles. The molecule has 132 valence electrons. The van der Waals surface area contributed by atoms with E-state index in [1.54, 1.807) is 43.3 Å². The standard InChI is InChI=1S/C19H22N2O4/c1-13(2)10-11-25-16-7-4-6-15(12-16)19(22)20-17-8-5-9-18(14(17)3)21(23)24/h4-9,12-13H,10-11H2,1-3H3,(H,20,22). The van der Waals surface area contributed by atoms with E-state index in [4.69, 9.17) is 4.74 Å². The van der Waals surface area contributed by atoms with Crippen LogP contribution in [0.4, 0.5) is 11.4 Å². The van der Waals surface area contributed by atoms with Crippen LogP contribution in [0.3, 0.4) is 0 Å². The molecule has 0 saturated carbocycles. The molecule has 25 heavy (non-hydrogen) atoms. The summed E-state index contributed by atoms with van der Waals surface area (Å²) in [5.41, 5.74) is 1.26. The van der Waals surface area contributed by atoms with Crippen LogP contribution in [0.1, 0.15) is 36.2 Å². The Bertz CT molecular complexity index is 772. The first-order valence-electron chi connectivity index (χ1n) is 8.16. The molecular weight excluding hydrogens is 320 g/mol. The number of amides is 1. The van der Waals surface area contributed by atoms with Gasteiger partial charge in [0, 0.05) is 11.6 Å². The van der Waals surface area contributed by atoms with Gasteiger partial charge in [-0.15, -0.1) is 0 Å². The highest BCUT2D eigenvalue weighted by Crippen LogP contribution is 2.25. The van der Waals surface area contributed by atoms with Gasteiger partial charge in [-0.2, -0.15) is 0 Å². The van der Waals surface area contributed by atoms with Crippen molar-refractivity contribution in [1.82, 2.24) is 0 Å². The van der Waals surface area contributed by atoms with Gasteiger partial charge in [-0.1, -0.05) is 26.0 Å². The lowest BCUT2D eigenvalue weighted by atomic mass is 10.1. The van der Waals surface area contributed by atoms with Gasteiger partial charge in [0.15, 0.2) is 0 Å². The van der Waals surface area contributed by atoms with Crippen molar-refractivity contribution in [2.24, 2.45) is 5.92 Å². The normalized spacial score (nSPS) is 10.6. The second-order valence-corrected chi connectivity index (χ2v) is 6.22. The minimum atomic E-state index is -0.464. The molecule has 0 aliphatic rings. The fourth-order valence-electron chi connectivity index (χ4n) is 2.29. The van der Waals surface area contributed by atoms with Crippen molar-refractivity contribution in [2.45, 2.75) is 27.2 Å². The monoisotopic (exact) mass is 342 g/mol. The van der Waals surface area contributed by atoms with E-state index in [2.05, 4.69) is 19.2 Å². The summed E-state index contributed by atoms with van der Waals surface area (Å²) in [7, 11) is 0. The number of benzene rings is 2. The molecule has 1 N–H and O–H groups in total. The number of nitro benzene ring substituents is 1. The highest BCUT2D eigenvalue weighted by molar-refractivity contribution is 6.05. The van der Waals surface area contributed by atoms with E-state index in [0.717, 1.165) is 6.42 Å². The number of carbonyl (C=O) groups excluding carboxylic acids is 1. The van der Waals surface area contributed by atoms with E-state index < -0.39 is 4.92 Å². The summed E-state index contributed by atoms with van der Waals surface area (Å²) in [5.74, 6) is 0.838. The summed E-state index contributed by atoms with van der Waals surface area (Å²) in [5, 5.41) is 13.7. The van der Waals surface area contributed by atoms with Crippen molar-refractivity contribution in [3.63, 3.8) is 0 Å². The summed E-state index contributed by atoms with van der Waals surface area (Å²) >= 11 is 0. The molecule has 0 heterocycles. The maximum atomic E-state index is 12.4. The third-order valence-electron chi connectivity index (χ3n) is 3.81. The van der Waals surface area contributed by atoms with Gasteiger partial charge in [0.05, 0.1) is 22.8 Å². The second-order valence-electron chi connectivity index (χ2n) is 6.22. The molecule has 0 aliphatic heterocycles. The van der Waals surface area contributed by atoms with Crippen LogP contribution in [0.2, 0.25) is 0 Å². The molecule has 2 rings (SSSR count). The van der Waals surface area contributed by atoms with Gasteiger partial charge in [0.2, 0.25) is 0 Å². The third-order valence-corrected chi connectivity index (χ3v) is 3.81. The molecule has 6 heteroatoms. The Balaban J connectivity index is 2.11. The summed E-state index contributed by atoms with van der Waals surface area (Å²) in [6.07, 6.45) is 0.934. The van der Waals surface area contributed by atoms with E-state index in [0.29, 0.717) is 35.1 Å². The molecule has 2 aromatic carbocycles. The number of nitro groups is 1. The van der Waals surface area contributed by atoms with Crippen molar-refractivity contribution < 1.29 is 14.5 Å².